The number of hydrogen-bond acceptors (Lipinski definition) is 3. The van der Waals surface area contributed by atoms with Gasteiger partial charge >= 0.3 is 24.4 Å². The van der Waals surface area contributed by atoms with E-state index >= 15 is 0 Å². The van der Waals surface area contributed by atoms with Gasteiger partial charge in [-0.1, -0.05) is 0 Å². The summed E-state index contributed by atoms with van der Waals surface area (Å²) in [4.78, 5) is 23.1. The van der Waals surface area contributed by atoms with Gasteiger partial charge in [-0.2, -0.15) is 26.3 Å². The lowest BCUT2D eigenvalue weighted by Crippen LogP contribution is -2.41. The highest BCUT2D eigenvalue weighted by Gasteiger charge is 2.53. The SMILES string of the molecule is O=C(O)[C@@H]1CN(C(=O)NCCOCC(F)(F)F)C[C@H]1C(F)(F)F. The highest BCUT2D eigenvalue weighted by molar-refractivity contribution is 5.77. The van der Waals surface area contributed by atoms with Gasteiger partial charge in [-0.05, 0) is 0 Å². The largest absolute Gasteiger partial charge is 0.481 e. The molecule has 0 unspecified atom stereocenters. The van der Waals surface area contributed by atoms with Crippen LogP contribution in [0.15, 0.2) is 0 Å². The Bertz CT molecular complexity index is 439. The van der Waals surface area contributed by atoms with E-state index < -0.39 is 62.5 Å². The van der Waals surface area contributed by atoms with Crippen molar-refractivity contribution < 1.29 is 45.8 Å². The maximum Gasteiger partial charge on any atom is 0.411 e. The summed E-state index contributed by atoms with van der Waals surface area (Å²) < 4.78 is 77.7. The molecule has 1 aliphatic rings. The molecule has 134 valence electrons. The Labute approximate surface area is 126 Å². The van der Waals surface area contributed by atoms with Gasteiger partial charge in [0.25, 0.3) is 0 Å². The molecule has 1 aliphatic heterocycles. The van der Waals surface area contributed by atoms with Crippen LogP contribution in [0.25, 0.3) is 0 Å². The number of carbonyl (C=O) groups excluding carboxylic acids is 1. The van der Waals surface area contributed by atoms with Crippen molar-refractivity contribution in [2.45, 2.75) is 12.4 Å². The van der Waals surface area contributed by atoms with Crippen LogP contribution in [0.4, 0.5) is 31.1 Å². The van der Waals surface area contributed by atoms with Crippen molar-refractivity contribution in [2.24, 2.45) is 11.8 Å². The zero-order valence-electron chi connectivity index (χ0n) is 11.6. The molecular formula is C11H14F6N2O4. The van der Waals surface area contributed by atoms with E-state index in [1.54, 1.807) is 0 Å². The normalized spacial score (nSPS) is 22.3. The van der Waals surface area contributed by atoms with Gasteiger partial charge in [-0.25, -0.2) is 4.79 Å². The van der Waals surface area contributed by atoms with E-state index in [1.807, 2.05) is 0 Å². The number of amides is 2. The zero-order chi connectivity index (χ0) is 17.8. The molecule has 0 spiro atoms. The van der Waals surface area contributed by atoms with Crippen molar-refractivity contribution in [1.82, 2.24) is 10.2 Å². The molecule has 0 radical (unpaired) electrons. The number of hydrogen-bond donors (Lipinski definition) is 2. The smallest absolute Gasteiger partial charge is 0.411 e. The van der Waals surface area contributed by atoms with E-state index in [-0.39, 0.29) is 6.54 Å². The topological polar surface area (TPSA) is 78.9 Å². The van der Waals surface area contributed by atoms with Gasteiger partial charge in [0.05, 0.1) is 18.4 Å². The molecule has 1 heterocycles. The zero-order valence-corrected chi connectivity index (χ0v) is 11.6. The average Bonchev–Trinajstić information content (AvgIpc) is 2.81. The average molecular weight is 352 g/mol. The molecule has 2 amide bonds. The van der Waals surface area contributed by atoms with Crippen LogP contribution in [0.1, 0.15) is 0 Å². The summed E-state index contributed by atoms with van der Waals surface area (Å²) in [6.07, 6.45) is -9.29. The third kappa shape index (κ3) is 6.12. The number of ether oxygens (including phenoxy) is 1. The lowest BCUT2D eigenvalue weighted by atomic mass is 9.96. The Morgan fingerprint density at radius 1 is 1.17 bits per heavy atom. The number of nitrogens with zero attached hydrogens (tertiary/aromatic N) is 1. The van der Waals surface area contributed by atoms with Gasteiger partial charge in [0.1, 0.15) is 6.61 Å². The van der Waals surface area contributed by atoms with Crippen molar-refractivity contribution in [2.75, 3.05) is 32.8 Å². The second-order valence-corrected chi connectivity index (χ2v) is 4.90. The third-order valence-electron chi connectivity index (χ3n) is 3.13. The standard InChI is InChI=1S/C11H14F6N2O4/c12-10(13,14)5-23-2-1-18-9(22)19-3-6(8(20)21)7(4-19)11(15,16)17/h6-7H,1-5H2,(H,18,22)(H,20,21)/t6-,7-/m1/s1. The molecule has 2 atom stereocenters. The highest BCUT2D eigenvalue weighted by atomic mass is 19.4. The minimum absolute atomic E-state index is 0.347. The van der Waals surface area contributed by atoms with Crippen LogP contribution in [0.2, 0.25) is 0 Å². The number of carbonyl (C=O) groups is 2. The maximum absolute atomic E-state index is 12.7. The summed E-state index contributed by atoms with van der Waals surface area (Å²) in [6, 6.07) is -0.987. The summed E-state index contributed by atoms with van der Waals surface area (Å²) in [5.41, 5.74) is 0. The van der Waals surface area contributed by atoms with Gasteiger partial charge in [0.15, 0.2) is 0 Å². The van der Waals surface area contributed by atoms with E-state index in [4.69, 9.17) is 5.11 Å². The number of halogens is 6. The first-order chi connectivity index (χ1) is 10.4. The summed E-state index contributed by atoms with van der Waals surface area (Å²) in [5.74, 6) is -5.63. The fourth-order valence-electron chi connectivity index (χ4n) is 2.08. The highest BCUT2D eigenvalue weighted by Crippen LogP contribution is 2.37. The van der Waals surface area contributed by atoms with Gasteiger partial charge in [-0.15, -0.1) is 0 Å². The molecule has 6 nitrogen and oxygen atoms in total. The van der Waals surface area contributed by atoms with E-state index in [9.17, 15) is 35.9 Å². The molecular weight excluding hydrogens is 338 g/mol. The van der Waals surface area contributed by atoms with Crippen LogP contribution in [-0.4, -0.2) is 67.2 Å². The van der Waals surface area contributed by atoms with Crippen molar-refractivity contribution in [3.63, 3.8) is 0 Å². The Morgan fingerprint density at radius 2 is 1.78 bits per heavy atom. The monoisotopic (exact) mass is 352 g/mol. The quantitative estimate of drug-likeness (QED) is 0.580. The number of alkyl halides is 6. The molecule has 0 saturated carbocycles. The molecule has 2 N–H and O–H groups in total. The van der Waals surface area contributed by atoms with Crippen molar-refractivity contribution >= 4 is 12.0 Å². The van der Waals surface area contributed by atoms with Crippen molar-refractivity contribution in [1.29, 1.82) is 0 Å². The predicted molar refractivity (Wildman–Crippen MR) is 62.5 cm³/mol. The first kappa shape index (κ1) is 19.3. The first-order valence-corrected chi connectivity index (χ1v) is 6.38. The van der Waals surface area contributed by atoms with E-state index in [0.717, 1.165) is 0 Å². The Kier molecular flexibility index (Phi) is 6.08. The van der Waals surface area contributed by atoms with Crippen molar-refractivity contribution in [3.05, 3.63) is 0 Å². The van der Waals surface area contributed by atoms with E-state index in [0.29, 0.717) is 4.90 Å². The Morgan fingerprint density at radius 3 is 2.22 bits per heavy atom. The first-order valence-electron chi connectivity index (χ1n) is 6.38. The van der Waals surface area contributed by atoms with E-state index in [2.05, 4.69) is 10.1 Å². The molecule has 0 aromatic carbocycles. The summed E-state index contributed by atoms with van der Waals surface area (Å²) in [6.45, 7) is -3.79. The van der Waals surface area contributed by atoms with Crippen LogP contribution < -0.4 is 5.32 Å². The Hall–Kier alpha value is -1.72. The number of urea groups is 1. The molecule has 1 rings (SSSR count). The fraction of sp³-hybridized carbons (Fsp3) is 0.818. The summed E-state index contributed by atoms with van der Waals surface area (Å²) in [5, 5.41) is 10.9. The number of nitrogens with one attached hydrogen (secondary N) is 1. The van der Waals surface area contributed by atoms with Crippen LogP contribution >= 0.6 is 0 Å². The molecule has 1 fully saturated rings. The van der Waals surface area contributed by atoms with Crippen LogP contribution in [0, 0.1) is 11.8 Å². The maximum atomic E-state index is 12.7. The van der Waals surface area contributed by atoms with Crippen molar-refractivity contribution in [3.8, 4) is 0 Å². The van der Waals surface area contributed by atoms with Gasteiger partial charge in [0, 0.05) is 19.6 Å². The molecule has 23 heavy (non-hydrogen) atoms. The summed E-state index contributed by atoms with van der Waals surface area (Å²) >= 11 is 0. The van der Waals surface area contributed by atoms with E-state index in [1.165, 1.54) is 0 Å². The molecule has 0 aliphatic carbocycles. The van der Waals surface area contributed by atoms with Crippen LogP contribution in [-0.2, 0) is 9.53 Å². The molecule has 0 bridgehead atoms. The Balaban J connectivity index is 2.44. The minimum atomic E-state index is -4.77. The number of rotatable bonds is 5. The lowest BCUT2D eigenvalue weighted by Gasteiger charge is -2.18. The molecule has 12 heteroatoms. The second kappa shape index (κ2) is 7.23. The second-order valence-electron chi connectivity index (χ2n) is 4.90. The number of carboxylic acids is 1. The van der Waals surface area contributed by atoms with Gasteiger partial charge < -0.3 is 20.1 Å². The lowest BCUT2D eigenvalue weighted by molar-refractivity contribution is -0.187. The van der Waals surface area contributed by atoms with Gasteiger partial charge in [-0.3, -0.25) is 4.79 Å². The molecule has 0 aromatic rings. The number of likely N-dealkylation sites (tertiary alicyclic amines) is 1. The number of carboxylic acid groups (broad SMARTS) is 1. The number of aliphatic carboxylic acids is 1. The third-order valence-corrected chi connectivity index (χ3v) is 3.13. The van der Waals surface area contributed by atoms with Gasteiger partial charge in [0.2, 0.25) is 0 Å². The predicted octanol–water partition coefficient (Wildman–Crippen LogP) is 1.47. The van der Waals surface area contributed by atoms with Crippen LogP contribution in [0.3, 0.4) is 0 Å². The molecule has 0 aromatic heterocycles. The summed E-state index contributed by atoms with van der Waals surface area (Å²) in [7, 11) is 0. The minimum Gasteiger partial charge on any atom is -0.481 e. The fourth-order valence-corrected chi connectivity index (χ4v) is 2.08. The molecule has 1 saturated heterocycles. The van der Waals surface area contributed by atoms with Crippen LogP contribution in [0.5, 0.6) is 0 Å².